The summed E-state index contributed by atoms with van der Waals surface area (Å²) in [5.41, 5.74) is 7.53. The van der Waals surface area contributed by atoms with Crippen molar-refractivity contribution in [1.29, 1.82) is 0 Å². The normalized spacial score (nSPS) is 10.7. The van der Waals surface area contributed by atoms with Crippen molar-refractivity contribution in [2.75, 3.05) is 6.61 Å². The molecule has 0 spiro atoms. The average Bonchev–Trinajstić information content (AvgIpc) is 2.65. The average molecular weight is 400 g/mol. The number of carbonyl (C=O) groups excluding carboxylic acids is 2. The van der Waals surface area contributed by atoms with E-state index in [-0.39, 0.29) is 23.0 Å². The Hall–Kier alpha value is -2.93. The Bertz CT molecular complexity index is 858. The number of aryl methyl sites for hydroxylation is 1. The molecule has 0 bridgehead atoms. The van der Waals surface area contributed by atoms with Crippen LogP contribution < -0.4 is 20.9 Å². The fourth-order valence-electron chi connectivity index (χ4n) is 2.36. The van der Waals surface area contributed by atoms with E-state index in [9.17, 15) is 9.59 Å². The highest BCUT2D eigenvalue weighted by Crippen LogP contribution is 2.22. The van der Waals surface area contributed by atoms with Crippen LogP contribution >= 0.6 is 12.2 Å². The third kappa shape index (κ3) is 6.35. The van der Waals surface area contributed by atoms with Crippen LogP contribution in [0, 0.1) is 6.92 Å². The van der Waals surface area contributed by atoms with E-state index >= 15 is 0 Å². The molecular weight excluding hydrogens is 374 g/mol. The lowest BCUT2D eigenvalue weighted by molar-refractivity contribution is -0.121. The van der Waals surface area contributed by atoms with Crippen LogP contribution in [0.15, 0.2) is 48.5 Å². The lowest BCUT2D eigenvalue weighted by atomic mass is 9.87. The smallest absolute Gasteiger partial charge is 0.269 e. The molecule has 2 aromatic rings. The molecule has 2 rings (SSSR count). The predicted octanol–water partition coefficient (Wildman–Crippen LogP) is 3.01. The summed E-state index contributed by atoms with van der Waals surface area (Å²) in [6, 6.07) is 14.7. The van der Waals surface area contributed by atoms with E-state index < -0.39 is 5.91 Å². The third-order valence-corrected chi connectivity index (χ3v) is 4.21. The SMILES string of the molecule is Cc1ccccc1OCC(=O)NC(=S)NNC(=O)c1ccc(C(C)(C)C)cc1. The quantitative estimate of drug-likeness (QED) is 0.544. The van der Waals surface area contributed by atoms with Gasteiger partial charge in [0.15, 0.2) is 11.7 Å². The Balaban J connectivity index is 1.77. The molecule has 0 unspecified atom stereocenters. The first kappa shape index (κ1) is 21.4. The van der Waals surface area contributed by atoms with Gasteiger partial charge in [-0.15, -0.1) is 0 Å². The van der Waals surface area contributed by atoms with Crippen LogP contribution in [0.4, 0.5) is 0 Å². The monoisotopic (exact) mass is 399 g/mol. The maximum absolute atomic E-state index is 12.2. The molecule has 0 fully saturated rings. The molecule has 3 N–H and O–H groups in total. The zero-order chi connectivity index (χ0) is 20.7. The van der Waals surface area contributed by atoms with Gasteiger partial charge >= 0.3 is 0 Å². The summed E-state index contributed by atoms with van der Waals surface area (Å²) in [5, 5.41) is 2.43. The van der Waals surface area contributed by atoms with Crippen LogP contribution in [0.2, 0.25) is 0 Å². The van der Waals surface area contributed by atoms with Gasteiger partial charge < -0.3 is 4.74 Å². The minimum absolute atomic E-state index is 0.0134. The van der Waals surface area contributed by atoms with Crippen molar-refractivity contribution < 1.29 is 14.3 Å². The standard InChI is InChI=1S/C21H25N3O3S/c1-14-7-5-6-8-17(14)27-13-18(25)22-20(28)24-23-19(26)15-9-11-16(12-10-15)21(2,3)4/h5-12H,13H2,1-4H3,(H,23,26)(H2,22,24,25,28). The Kier molecular flexibility index (Phi) is 7.12. The van der Waals surface area contributed by atoms with E-state index in [0.717, 1.165) is 11.1 Å². The topological polar surface area (TPSA) is 79.5 Å². The zero-order valence-corrected chi connectivity index (χ0v) is 17.3. The summed E-state index contributed by atoms with van der Waals surface area (Å²) in [6.07, 6.45) is 0. The molecule has 0 aliphatic heterocycles. The van der Waals surface area contributed by atoms with Gasteiger partial charge in [-0.1, -0.05) is 51.1 Å². The molecule has 148 valence electrons. The lowest BCUT2D eigenvalue weighted by Gasteiger charge is -2.19. The van der Waals surface area contributed by atoms with Crippen LogP contribution in [0.3, 0.4) is 0 Å². The van der Waals surface area contributed by atoms with Crippen molar-refractivity contribution in [2.45, 2.75) is 33.1 Å². The zero-order valence-electron chi connectivity index (χ0n) is 16.5. The first-order valence-electron chi connectivity index (χ1n) is 8.86. The Morgan fingerprint density at radius 3 is 2.25 bits per heavy atom. The van der Waals surface area contributed by atoms with Crippen LogP contribution in [-0.4, -0.2) is 23.5 Å². The van der Waals surface area contributed by atoms with Gasteiger partial charge in [-0.2, -0.15) is 0 Å². The summed E-state index contributed by atoms with van der Waals surface area (Å²) in [6.45, 7) is 8.02. The van der Waals surface area contributed by atoms with Crippen LogP contribution in [0.25, 0.3) is 0 Å². The molecule has 0 aliphatic rings. The molecule has 2 aromatic carbocycles. The number of thiocarbonyl (C=S) groups is 1. The number of ether oxygens (including phenoxy) is 1. The first-order chi connectivity index (χ1) is 13.2. The van der Waals surface area contributed by atoms with E-state index in [0.29, 0.717) is 11.3 Å². The van der Waals surface area contributed by atoms with Crippen molar-refractivity contribution in [2.24, 2.45) is 0 Å². The molecule has 0 atom stereocenters. The molecule has 0 aliphatic carbocycles. The summed E-state index contributed by atoms with van der Waals surface area (Å²) in [7, 11) is 0. The third-order valence-electron chi connectivity index (χ3n) is 4.01. The largest absolute Gasteiger partial charge is 0.483 e. The maximum Gasteiger partial charge on any atom is 0.269 e. The Morgan fingerprint density at radius 2 is 1.64 bits per heavy atom. The van der Waals surface area contributed by atoms with E-state index in [1.165, 1.54) is 0 Å². The van der Waals surface area contributed by atoms with Crippen molar-refractivity contribution in [3.05, 3.63) is 65.2 Å². The van der Waals surface area contributed by atoms with Gasteiger partial charge in [-0.3, -0.25) is 25.8 Å². The minimum atomic E-state index is -0.426. The van der Waals surface area contributed by atoms with Crippen molar-refractivity contribution in [3.63, 3.8) is 0 Å². The molecular formula is C21H25N3O3S. The molecule has 0 aromatic heterocycles. The molecule has 0 saturated heterocycles. The van der Waals surface area contributed by atoms with Crippen molar-refractivity contribution in [3.8, 4) is 5.75 Å². The minimum Gasteiger partial charge on any atom is -0.483 e. The fraction of sp³-hybridized carbons (Fsp3) is 0.286. The number of hydrogen-bond acceptors (Lipinski definition) is 4. The second kappa shape index (κ2) is 9.32. The van der Waals surface area contributed by atoms with Gasteiger partial charge in [-0.25, -0.2) is 0 Å². The Morgan fingerprint density at radius 1 is 1.00 bits per heavy atom. The molecule has 0 heterocycles. The van der Waals surface area contributed by atoms with E-state index in [2.05, 4.69) is 36.9 Å². The second-order valence-electron chi connectivity index (χ2n) is 7.34. The predicted molar refractivity (Wildman–Crippen MR) is 113 cm³/mol. The number of benzene rings is 2. The number of carbonyl (C=O) groups is 2. The first-order valence-corrected chi connectivity index (χ1v) is 9.27. The number of hydrogen-bond donors (Lipinski definition) is 3. The summed E-state index contributed by atoms with van der Waals surface area (Å²) < 4.78 is 5.45. The molecule has 7 heteroatoms. The highest BCUT2D eigenvalue weighted by molar-refractivity contribution is 7.80. The number of rotatable bonds is 4. The number of hydrazine groups is 1. The highest BCUT2D eigenvalue weighted by atomic mass is 32.1. The second-order valence-corrected chi connectivity index (χ2v) is 7.75. The van der Waals surface area contributed by atoms with Crippen LogP contribution in [-0.2, 0) is 10.2 Å². The molecule has 0 saturated carbocycles. The summed E-state index contributed by atoms with van der Waals surface area (Å²) in [4.78, 5) is 24.1. The summed E-state index contributed by atoms with van der Waals surface area (Å²) >= 11 is 5.01. The van der Waals surface area contributed by atoms with E-state index in [1.807, 2.05) is 37.3 Å². The van der Waals surface area contributed by atoms with Crippen LogP contribution in [0.5, 0.6) is 5.75 Å². The molecule has 6 nitrogen and oxygen atoms in total. The maximum atomic E-state index is 12.2. The van der Waals surface area contributed by atoms with Gasteiger partial charge in [-0.05, 0) is 53.9 Å². The van der Waals surface area contributed by atoms with Gasteiger partial charge in [0.25, 0.3) is 11.8 Å². The van der Waals surface area contributed by atoms with E-state index in [4.69, 9.17) is 17.0 Å². The van der Waals surface area contributed by atoms with Crippen LogP contribution in [0.1, 0.15) is 42.3 Å². The molecule has 0 radical (unpaired) electrons. The van der Waals surface area contributed by atoms with Gasteiger partial charge in [0, 0.05) is 5.56 Å². The van der Waals surface area contributed by atoms with Crippen molar-refractivity contribution in [1.82, 2.24) is 16.2 Å². The number of nitrogens with one attached hydrogen (secondary N) is 3. The molecule has 28 heavy (non-hydrogen) atoms. The van der Waals surface area contributed by atoms with Gasteiger partial charge in [0.2, 0.25) is 0 Å². The fourth-order valence-corrected chi connectivity index (χ4v) is 2.53. The van der Waals surface area contributed by atoms with E-state index in [1.54, 1.807) is 18.2 Å². The van der Waals surface area contributed by atoms with Crippen molar-refractivity contribution >= 4 is 29.1 Å². The Labute approximate surface area is 170 Å². The number of amides is 2. The highest BCUT2D eigenvalue weighted by Gasteiger charge is 2.14. The lowest BCUT2D eigenvalue weighted by Crippen LogP contribution is -2.49. The van der Waals surface area contributed by atoms with Gasteiger partial charge in [0.1, 0.15) is 5.75 Å². The summed E-state index contributed by atoms with van der Waals surface area (Å²) in [5.74, 6) is -0.152. The molecule has 2 amide bonds. The number of para-hydroxylation sites is 1. The van der Waals surface area contributed by atoms with Gasteiger partial charge in [0.05, 0.1) is 0 Å².